The third-order valence-corrected chi connectivity index (χ3v) is 1.97. The lowest BCUT2D eigenvalue weighted by Crippen LogP contribution is -2.17. The van der Waals surface area contributed by atoms with Gasteiger partial charge in [0.1, 0.15) is 0 Å². The zero-order valence-corrected chi connectivity index (χ0v) is 8.46. The second kappa shape index (κ2) is 4.64. The number of nitrogens with two attached hydrogens (primary N) is 1. The first kappa shape index (κ1) is 10.6. The van der Waals surface area contributed by atoms with Crippen LogP contribution in [0.3, 0.4) is 0 Å². The van der Waals surface area contributed by atoms with Gasteiger partial charge in [0.2, 0.25) is 11.8 Å². The van der Waals surface area contributed by atoms with Crippen molar-refractivity contribution in [1.29, 1.82) is 0 Å². The highest BCUT2D eigenvalue weighted by molar-refractivity contribution is 5.30. The second-order valence-corrected chi connectivity index (χ2v) is 3.04. The van der Waals surface area contributed by atoms with E-state index in [9.17, 15) is 4.79 Å². The molecule has 0 saturated heterocycles. The predicted molar refractivity (Wildman–Crippen MR) is 54.4 cm³/mol. The molecule has 0 bridgehead atoms. The molecule has 0 aromatic carbocycles. The summed E-state index contributed by atoms with van der Waals surface area (Å²) in [6.45, 7) is 2.06. The van der Waals surface area contributed by atoms with Crippen LogP contribution in [0.1, 0.15) is 25.3 Å². The molecular weight excluding hydrogens is 182 g/mol. The molecule has 78 valence electrons. The lowest BCUT2D eigenvalue weighted by atomic mass is 10.1. The number of unbranched alkanes of at least 4 members (excludes halogenated alkanes) is 1. The Kier molecular flexibility index (Phi) is 3.50. The number of rotatable bonds is 4. The molecule has 1 rings (SSSR count). The first-order chi connectivity index (χ1) is 6.69. The molecular formula is C9H15N3O2. The average molecular weight is 197 g/mol. The summed E-state index contributed by atoms with van der Waals surface area (Å²) < 4.78 is 4.99. The van der Waals surface area contributed by atoms with Gasteiger partial charge in [0.05, 0.1) is 12.7 Å². The number of methoxy groups -OCH3 is 1. The smallest absolute Gasteiger partial charge is 0.259 e. The van der Waals surface area contributed by atoms with E-state index in [0.717, 1.165) is 12.8 Å². The molecule has 0 atom stereocenters. The van der Waals surface area contributed by atoms with E-state index >= 15 is 0 Å². The first-order valence-electron chi connectivity index (χ1n) is 4.61. The highest BCUT2D eigenvalue weighted by atomic mass is 16.5. The van der Waals surface area contributed by atoms with E-state index < -0.39 is 0 Å². The van der Waals surface area contributed by atoms with E-state index in [-0.39, 0.29) is 11.5 Å². The van der Waals surface area contributed by atoms with Crippen molar-refractivity contribution in [2.24, 2.45) is 0 Å². The Bertz CT molecular complexity index is 360. The minimum Gasteiger partial charge on any atom is -0.481 e. The number of anilines is 1. The summed E-state index contributed by atoms with van der Waals surface area (Å²) in [5.74, 6) is 0.423. The molecule has 0 spiro atoms. The molecule has 1 heterocycles. The number of nitrogen functional groups attached to an aromatic ring is 1. The molecule has 0 aliphatic carbocycles. The SMILES string of the molecule is CCCCc1c(OC)nc(N)[nH]c1=O. The van der Waals surface area contributed by atoms with Crippen LogP contribution in [0.4, 0.5) is 5.95 Å². The highest BCUT2D eigenvalue weighted by Gasteiger charge is 2.09. The molecule has 3 N–H and O–H groups in total. The molecule has 0 fully saturated rings. The molecule has 0 aliphatic rings. The maximum Gasteiger partial charge on any atom is 0.259 e. The molecule has 1 aromatic rings. The quantitative estimate of drug-likeness (QED) is 0.744. The number of H-pyrrole nitrogens is 1. The van der Waals surface area contributed by atoms with Gasteiger partial charge in [-0.3, -0.25) is 9.78 Å². The number of aromatic amines is 1. The molecule has 0 amide bonds. The van der Waals surface area contributed by atoms with E-state index in [2.05, 4.69) is 16.9 Å². The fraction of sp³-hybridized carbons (Fsp3) is 0.556. The zero-order valence-electron chi connectivity index (χ0n) is 8.46. The van der Waals surface area contributed by atoms with Crippen LogP contribution in [-0.4, -0.2) is 17.1 Å². The van der Waals surface area contributed by atoms with E-state index in [1.165, 1.54) is 7.11 Å². The maximum absolute atomic E-state index is 11.5. The normalized spacial score (nSPS) is 10.1. The Morgan fingerprint density at radius 2 is 2.29 bits per heavy atom. The van der Waals surface area contributed by atoms with Crippen molar-refractivity contribution in [3.63, 3.8) is 0 Å². The predicted octanol–water partition coefficient (Wildman–Crippen LogP) is 0.703. The van der Waals surface area contributed by atoms with E-state index in [0.29, 0.717) is 17.9 Å². The van der Waals surface area contributed by atoms with Crippen LogP contribution in [-0.2, 0) is 6.42 Å². The van der Waals surface area contributed by atoms with Crippen molar-refractivity contribution < 1.29 is 4.74 Å². The number of ether oxygens (including phenoxy) is 1. The third kappa shape index (κ3) is 2.25. The molecule has 0 aliphatic heterocycles. The number of hydrogen-bond acceptors (Lipinski definition) is 4. The zero-order chi connectivity index (χ0) is 10.6. The van der Waals surface area contributed by atoms with Crippen molar-refractivity contribution in [1.82, 2.24) is 9.97 Å². The Labute approximate surface area is 82.3 Å². The second-order valence-electron chi connectivity index (χ2n) is 3.04. The van der Waals surface area contributed by atoms with Crippen molar-refractivity contribution in [3.05, 3.63) is 15.9 Å². The summed E-state index contributed by atoms with van der Waals surface area (Å²) in [4.78, 5) is 17.8. The minimum atomic E-state index is -0.206. The van der Waals surface area contributed by atoms with Crippen LogP contribution in [0.2, 0.25) is 0 Å². The van der Waals surface area contributed by atoms with Crippen LogP contribution < -0.4 is 16.0 Å². The van der Waals surface area contributed by atoms with Crippen molar-refractivity contribution >= 4 is 5.95 Å². The number of nitrogens with zero attached hydrogens (tertiary/aromatic N) is 1. The Balaban J connectivity index is 3.06. The molecule has 1 aromatic heterocycles. The van der Waals surface area contributed by atoms with E-state index in [4.69, 9.17) is 10.5 Å². The standard InChI is InChI=1S/C9H15N3O2/c1-3-4-5-6-7(13)11-9(10)12-8(6)14-2/h3-5H2,1-2H3,(H3,10,11,12,13). The van der Waals surface area contributed by atoms with Crippen molar-refractivity contribution in [3.8, 4) is 5.88 Å². The van der Waals surface area contributed by atoms with Gasteiger partial charge in [-0.25, -0.2) is 0 Å². The van der Waals surface area contributed by atoms with E-state index in [1.807, 2.05) is 0 Å². The summed E-state index contributed by atoms with van der Waals surface area (Å²) in [6, 6.07) is 0. The van der Waals surface area contributed by atoms with Crippen LogP contribution in [0.25, 0.3) is 0 Å². The van der Waals surface area contributed by atoms with Gasteiger partial charge in [0.25, 0.3) is 5.56 Å². The van der Waals surface area contributed by atoms with Crippen LogP contribution in [0, 0.1) is 0 Å². The highest BCUT2D eigenvalue weighted by Crippen LogP contribution is 2.13. The van der Waals surface area contributed by atoms with Gasteiger partial charge in [0.15, 0.2) is 0 Å². The Morgan fingerprint density at radius 1 is 1.57 bits per heavy atom. The van der Waals surface area contributed by atoms with Crippen LogP contribution in [0.5, 0.6) is 5.88 Å². The molecule has 5 heteroatoms. The van der Waals surface area contributed by atoms with Crippen molar-refractivity contribution in [2.45, 2.75) is 26.2 Å². The van der Waals surface area contributed by atoms with Crippen LogP contribution >= 0.6 is 0 Å². The summed E-state index contributed by atoms with van der Waals surface area (Å²) >= 11 is 0. The Morgan fingerprint density at radius 3 is 2.86 bits per heavy atom. The molecule has 0 saturated carbocycles. The van der Waals surface area contributed by atoms with Gasteiger partial charge >= 0.3 is 0 Å². The average Bonchev–Trinajstić information content (AvgIpc) is 2.15. The maximum atomic E-state index is 11.5. The van der Waals surface area contributed by atoms with Gasteiger partial charge in [0, 0.05) is 0 Å². The van der Waals surface area contributed by atoms with Gasteiger partial charge in [-0.05, 0) is 12.8 Å². The van der Waals surface area contributed by atoms with Gasteiger partial charge in [-0.1, -0.05) is 13.3 Å². The Hall–Kier alpha value is -1.52. The lowest BCUT2D eigenvalue weighted by molar-refractivity contribution is 0.390. The largest absolute Gasteiger partial charge is 0.481 e. The van der Waals surface area contributed by atoms with Crippen LogP contribution in [0.15, 0.2) is 4.79 Å². The van der Waals surface area contributed by atoms with Gasteiger partial charge in [-0.15, -0.1) is 0 Å². The summed E-state index contributed by atoms with van der Waals surface area (Å²) in [5, 5.41) is 0. The fourth-order valence-electron chi connectivity index (χ4n) is 1.24. The summed E-state index contributed by atoms with van der Waals surface area (Å²) in [6.07, 6.45) is 2.63. The third-order valence-electron chi connectivity index (χ3n) is 1.97. The van der Waals surface area contributed by atoms with Gasteiger partial charge in [-0.2, -0.15) is 4.98 Å². The van der Waals surface area contributed by atoms with Gasteiger partial charge < -0.3 is 10.5 Å². The monoisotopic (exact) mass is 197 g/mol. The summed E-state index contributed by atoms with van der Waals surface area (Å²) in [5.41, 5.74) is 5.75. The number of hydrogen-bond donors (Lipinski definition) is 2. The first-order valence-corrected chi connectivity index (χ1v) is 4.61. The number of aromatic nitrogens is 2. The minimum absolute atomic E-state index is 0.0899. The lowest BCUT2D eigenvalue weighted by Gasteiger charge is -2.05. The molecule has 5 nitrogen and oxygen atoms in total. The summed E-state index contributed by atoms with van der Waals surface area (Å²) in [7, 11) is 1.48. The molecule has 0 radical (unpaired) electrons. The molecule has 0 unspecified atom stereocenters. The van der Waals surface area contributed by atoms with E-state index in [1.54, 1.807) is 0 Å². The topological polar surface area (TPSA) is 81.0 Å². The van der Waals surface area contributed by atoms with Crippen molar-refractivity contribution in [2.75, 3.05) is 12.8 Å². The molecule has 14 heavy (non-hydrogen) atoms. The fourth-order valence-corrected chi connectivity index (χ4v) is 1.24. The number of nitrogens with one attached hydrogen (secondary N) is 1.